The average Bonchev–Trinajstić information content (AvgIpc) is 3.29. The molecule has 0 radical (unpaired) electrons. The molecule has 7 heteroatoms. The third kappa shape index (κ3) is 6.97. The summed E-state index contributed by atoms with van der Waals surface area (Å²) >= 11 is 1.59. The minimum Gasteiger partial charge on any atom is -0.365 e. The highest BCUT2D eigenvalue weighted by molar-refractivity contribution is 7.13. The Bertz CT molecular complexity index is 613. The summed E-state index contributed by atoms with van der Waals surface area (Å²) in [4.78, 5) is 15.2. The fourth-order valence-electron chi connectivity index (χ4n) is 2.38. The molecule has 0 atom stereocenters. The van der Waals surface area contributed by atoms with Gasteiger partial charge >= 0.3 is 0 Å². The van der Waals surface area contributed by atoms with E-state index in [2.05, 4.69) is 29.2 Å². The van der Waals surface area contributed by atoms with Gasteiger partial charge in [0.2, 0.25) is 5.91 Å². The summed E-state index contributed by atoms with van der Waals surface area (Å²) in [6.07, 6.45) is 2.38. The highest BCUT2D eigenvalue weighted by atomic mass is 32.1. The molecule has 0 fully saturated rings. The van der Waals surface area contributed by atoms with Gasteiger partial charge in [-0.25, -0.2) is 0 Å². The quantitative estimate of drug-likeness (QED) is 0.626. The molecule has 1 amide bonds. The van der Waals surface area contributed by atoms with Crippen LogP contribution in [0.2, 0.25) is 0 Å². The smallest absolute Gasteiger partial charge is 0.246 e. The Balaban J connectivity index is 1.60. The van der Waals surface area contributed by atoms with Crippen LogP contribution in [-0.4, -0.2) is 48.7 Å². The van der Waals surface area contributed by atoms with E-state index in [0.29, 0.717) is 12.2 Å². The van der Waals surface area contributed by atoms with E-state index < -0.39 is 0 Å². The van der Waals surface area contributed by atoms with Gasteiger partial charge in [0.05, 0.1) is 11.5 Å². The number of carbonyl (C=O) groups is 1. The number of amides is 1. The predicted octanol–water partition coefficient (Wildman–Crippen LogP) is 3.16. The van der Waals surface area contributed by atoms with E-state index in [1.54, 1.807) is 11.3 Å². The van der Waals surface area contributed by atoms with Crippen LogP contribution >= 0.6 is 11.3 Å². The van der Waals surface area contributed by atoms with Crippen LogP contribution in [0.3, 0.4) is 0 Å². The molecular formula is C18H27N3O3S. The molecule has 0 unspecified atom stereocenters. The molecule has 0 saturated heterocycles. The normalized spacial score (nSPS) is 11.2. The molecule has 0 aliphatic carbocycles. The van der Waals surface area contributed by atoms with Gasteiger partial charge in [-0.3, -0.25) is 4.79 Å². The van der Waals surface area contributed by atoms with E-state index in [1.807, 2.05) is 23.6 Å². The second-order valence-electron chi connectivity index (χ2n) is 5.79. The average molecular weight is 365 g/mol. The molecule has 0 aliphatic rings. The zero-order valence-corrected chi connectivity index (χ0v) is 15.8. The van der Waals surface area contributed by atoms with Gasteiger partial charge in [-0.2, -0.15) is 0 Å². The predicted molar refractivity (Wildman–Crippen MR) is 99.5 cm³/mol. The van der Waals surface area contributed by atoms with Crippen LogP contribution in [-0.2, 0) is 16.1 Å². The summed E-state index contributed by atoms with van der Waals surface area (Å²) in [7, 11) is 0. The molecular weight excluding hydrogens is 338 g/mol. The molecule has 0 saturated carbocycles. The van der Waals surface area contributed by atoms with E-state index in [4.69, 9.17) is 9.26 Å². The zero-order valence-electron chi connectivity index (χ0n) is 15.0. The molecule has 0 bridgehead atoms. The number of likely N-dealkylation sites (N-methyl/N-ethyl adjacent to an activating group) is 1. The van der Waals surface area contributed by atoms with Crippen molar-refractivity contribution in [2.75, 3.05) is 32.8 Å². The number of hydrogen-bond donors (Lipinski definition) is 1. The fourth-order valence-corrected chi connectivity index (χ4v) is 3.05. The van der Waals surface area contributed by atoms with E-state index in [0.717, 1.165) is 30.3 Å². The lowest BCUT2D eigenvalue weighted by Crippen LogP contribution is -2.36. The number of aromatic nitrogens is 1. The van der Waals surface area contributed by atoms with Gasteiger partial charge in [0, 0.05) is 19.2 Å². The summed E-state index contributed by atoms with van der Waals surface area (Å²) in [5.41, 5.74) is 0.688. The number of carbonyl (C=O) groups excluding carboxylic acids is 1. The third-order valence-electron chi connectivity index (χ3n) is 3.83. The maximum Gasteiger partial charge on any atom is 0.246 e. The first-order valence-electron chi connectivity index (χ1n) is 8.79. The van der Waals surface area contributed by atoms with Crippen LogP contribution in [0.4, 0.5) is 0 Å². The first-order chi connectivity index (χ1) is 12.2. The number of thiophene rings is 1. The second kappa shape index (κ2) is 11.0. The van der Waals surface area contributed by atoms with Gasteiger partial charge in [-0.15, -0.1) is 11.3 Å². The van der Waals surface area contributed by atoms with Crippen molar-refractivity contribution in [3.8, 4) is 10.6 Å². The maximum absolute atomic E-state index is 11.8. The van der Waals surface area contributed by atoms with Crippen molar-refractivity contribution < 1.29 is 14.1 Å². The van der Waals surface area contributed by atoms with Gasteiger partial charge < -0.3 is 19.5 Å². The molecule has 25 heavy (non-hydrogen) atoms. The molecule has 2 aromatic heterocycles. The first-order valence-corrected chi connectivity index (χ1v) is 9.67. The van der Waals surface area contributed by atoms with Gasteiger partial charge in [-0.1, -0.05) is 31.5 Å². The van der Waals surface area contributed by atoms with Crippen LogP contribution in [0.25, 0.3) is 10.6 Å². The highest BCUT2D eigenvalue weighted by Crippen LogP contribution is 2.25. The Hall–Kier alpha value is -1.70. The van der Waals surface area contributed by atoms with Crippen molar-refractivity contribution in [3.63, 3.8) is 0 Å². The van der Waals surface area contributed by atoms with E-state index >= 15 is 0 Å². The Morgan fingerprint density at radius 3 is 3.00 bits per heavy atom. The molecule has 2 heterocycles. The molecule has 138 valence electrons. The van der Waals surface area contributed by atoms with Crippen molar-refractivity contribution in [1.29, 1.82) is 0 Å². The number of nitrogens with one attached hydrogen (secondary N) is 1. The summed E-state index contributed by atoms with van der Waals surface area (Å²) < 4.78 is 10.7. The van der Waals surface area contributed by atoms with E-state index in [9.17, 15) is 4.79 Å². The molecule has 0 spiro atoms. The van der Waals surface area contributed by atoms with Crippen molar-refractivity contribution >= 4 is 17.2 Å². The van der Waals surface area contributed by atoms with E-state index in [1.165, 1.54) is 12.8 Å². The third-order valence-corrected chi connectivity index (χ3v) is 4.72. The van der Waals surface area contributed by atoms with Crippen molar-refractivity contribution in [3.05, 3.63) is 29.3 Å². The van der Waals surface area contributed by atoms with E-state index in [-0.39, 0.29) is 19.1 Å². The van der Waals surface area contributed by atoms with Gasteiger partial charge in [0.1, 0.15) is 12.3 Å². The molecule has 2 aromatic rings. The van der Waals surface area contributed by atoms with Crippen LogP contribution in [0, 0.1) is 0 Å². The SMILES string of the molecule is CCCCN(CC)CCNC(=O)COCc1cc(-c2cccs2)on1. The van der Waals surface area contributed by atoms with Crippen LogP contribution in [0.1, 0.15) is 32.4 Å². The Labute approximate surface area is 153 Å². The number of nitrogens with zero attached hydrogens (tertiary/aromatic N) is 2. The van der Waals surface area contributed by atoms with Crippen LogP contribution < -0.4 is 5.32 Å². The first kappa shape index (κ1) is 19.6. The summed E-state index contributed by atoms with van der Waals surface area (Å²) in [5, 5.41) is 8.84. The lowest BCUT2D eigenvalue weighted by molar-refractivity contribution is -0.126. The van der Waals surface area contributed by atoms with Gasteiger partial charge in [0.25, 0.3) is 0 Å². The van der Waals surface area contributed by atoms with Crippen molar-refractivity contribution in [2.45, 2.75) is 33.3 Å². The Kier molecular flexibility index (Phi) is 8.65. The lowest BCUT2D eigenvalue weighted by Gasteiger charge is -2.20. The van der Waals surface area contributed by atoms with Crippen molar-refractivity contribution in [2.24, 2.45) is 0 Å². The lowest BCUT2D eigenvalue weighted by atomic mass is 10.3. The standard InChI is InChI=1S/C18H27N3O3S/c1-3-5-9-21(4-2)10-8-19-18(22)14-23-13-15-12-16(24-20-15)17-7-6-11-25-17/h6-7,11-12H,3-5,8-10,13-14H2,1-2H3,(H,19,22). The summed E-state index contributed by atoms with van der Waals surface area (Å²) in [5.74, 6) is 0.623. The number of ether oxygens (including phenoxy) is 1. The number of unbranched alkanes of at least 4 members (excludes halogenated alkanes) is 1. The summed E-state index contributed by atoms with van der Waals surface area (Å²) in [6.45, 7) is 8.22. The number of rotatable bonds is 12. The number of hydrogen-bond acceptors (Lipinski definition) is 6. The summed E-state index contributed by atoms with van der Waals surface area (Å²) in [6, 6.07) is 5.78. The van der Waals surface area contributed by atoms with Crippen LogP contribution in [0.15, 0.2) is 28.1 Å². The fraction of sp³-hybridized carbons (Fsp3) is 0.556. The zero-order chi connectivity index (χ0) is 17.9. The molecule has 2 rings (SSSR count). The Morgan fingerprint density at radius 1 is 1.40 bits per heavy atom. The maximum atomic E-state index is 11.8. The molecule has 1 N–H and O–H groups in total. The highest BCUT2D eigenvalue weighted by Gasteiger charge is 2.09. The van der Waals surface area contributed by atoms with Crippen molar-refractivity contribution in [1.82, 2.24) is 15.4 Å². The Morgan fingerprint density at radius 2 is 2.28 bits per heavy atom. The second-order valence-corrected chi connectivity index (χ2v) is 6.74. The molecule has 0 aromatic carbocycles. The topological polar surface area (TPSA) is 67.6 Å². The molecule has 0 aliphatic heterocycles. The minimum absolute atomic E-state index is 0.0300. The van der Waals surface area contributed by atoms with Crippen LogP contribution in [0.5, 0.6) is 0 Å². The van der Waals surface area contributed by atoms with Gasteiger partial charge in [0.15, 0.2) is 5.76 Å². The van der Waals surface area contributed by atoms with Gasteiger partial charge in [-0.05, 0) is 31.0 Å². The monoisotopic (exact) mass is 365 g/mol. The minimum atomic E-state index is -0.103. The molecule has 6 nitrogen and oxygen atoms in total. The largest absolute Gasteiger partial charge is 0.365 e.